The third-order valence-corrected chi connectivity index (χ3v) is 7.50. The second-order valence-corrected chi connectivity index (χ2v) is 10.4. The Morgan fingerprint density at radius 3 is 2.77 bits per heavy atom. The third-order valence-electron chi connectivity index (χ3n) is 7.50. The van der Waals surface area contributed by atoms with Crippen LogP contribution in [-0.2, 0) is 0 Å². The van der Waals surface area contributed by atoms with Crippen molar-refractivity contribution in [2.45, 2.75) is 44.6 Å². The van der Waals surface area contributed by atoms with E-state index in [0.29, 0.717) is 36.6 Å². The van der Waals surface area contributed by atoms with Gasteiger partial charge in [-0.25, -0.2) is 23.7 Å². The second-order valence-electron chi connectivity index (χ2n) is 10.4. The fourth-order valence-electron chi connectivity index (χ4n) is 5.19. The smallest absolute Gasteiger partial charge is 0.251 e. The molecule has 0 spiro atoms. The molecule has 6 rings (SSSR count). The van der Waals surface area contributed by atoms with Gasteiger partial charge in [0, 0.05) is 60.3 Å². The minimum absolute atomic E-state index is 0.00448. The van der Waals surface area contributed by atoms with Crippen molar-refractivity contribution >= 4 is 22.4 Å². The van der Waals surface area contributed by atoms with Gasteiger partial charge >= 0.3 is 0 Å². The van der Waals surface area contributed by atoms with Gasteiger partial charge in [-0.1, -0.05) is 24.3 Å². The third kappa shape index (κ3) is 5.63. The SMILES string of the molecule is Cc1ccc2c(NCC[C@H]3CC3(F)F)cccc2c1Oc1ncccc1-c1ccnc(NC2CCCNC2)n1. The highest BCUT2D eigenvalue weighted by Crippen LogP contribution is 2.50. The molecule has 2 atom stereocenters. The zero-order valence-corrected chi connectivity index (χ0v) is 21.9. The first-order valence-electron chi connectivity index (χ1n) is 13.6. The number of anilines is 2. The first-order valence-corrected chi connectivity index (χ1v) is 13.6. The summed E-state index contributed by atoms with van der Waals surface area (Å²) >= 11 is 0. The maximum absolute atomic E-state index is 13.3. The standard InChI is InChI=1S/C30H32F2N6O/c1-19-9-10-22-23(6-2-8-25(22)34-15-11-20-17-30(20,31)32)27(19)39-28-24(7-4-14-35-28)26-12-16-36-29(38-26)37-21-5-3-13-33-18-21/h2,4,6-10,12,14,16,20-21,33-34H,3,5,11,13,15,17-18H2,1H3,(H,36,37,38)/t20-,21?/m0/s1. The van der Waals surface area contributed by atoms with Gasteiger partial charge in [-0.05, 0) is 62.6 Å². The van der Waals surface area contributed by atoms with Crippen molar-refractivity contribution in [2.24, 2.45) is 5.92 Å². The van der Waals surface area contributed by atoms with Gasteiger partial charge in [0.1, 0.15) is 5.75 Å². The number of piperidine rings is 1. The van der Waals surface area contributed by atoms with Gasteiger partial charge < -0.3 is 20.7 Å². The van der Waals surface area contributed by atoms with Crippen LogP contribution in [0, 0.1) is 12.8 Å². The Morgan fingerprint density at radius 1 is 1.05 bits per heavy atom. The van der Waals surface area contributed by atoms with Crippen molar-refractivity contribution in [3.8, 4) is 22.9 Å². The number of benzene rings is 2. The van der Waals surface area contributed by atoms with Crippen LogP contribution < -0.4 is 20.7 Å². The number of aromatic nitrogens is 3. The number of nitrogens with one attached hydrogen (secondary N) is 3. The van der Waals surface area contributed by atoms with E-state index in [1.54, 1.807) is 12.4 Å². The lowest BCUT2D eigenvalue weighted by Crippen LogP contribution is -2.38. The number of fused-ring (bicyclic) bond motifs is 1. The predicted molar refractivity (Wildman–Crippen MR) is 150 cm³/mol. The maximum Gasteiger partial charge on any atom is 0.251 e. The lowest BCUT2D eigenvalue weighted by Gasteiger charge is -2.23. The topological polar surface area (TPSA) is 84.0 Å². The average Bonchev–Trinajstić information content (AvgIpc) is 3.57. The number of pyridine rings is 1. The zero-order chi connectivity index (χ0) is 26.8. The lowest BCUT2D eigenvalue weighted by molar-refractivity contribution is 0.0978. The number of aryl methyl sites for hydroxylation is 1. The van der Waals surface area contributed by atoms with Crippen molar-refractivity contribution in [3.05, 3.63) is 66.5 Å². The molecule has 2 aliphatic rings. The number of rotatable bonds is 9. The summed E-state index contributed by atoms with van der Waals surface area (Å²) < 4.78 is 33.1. The minimum atomic E-state index is -2.49. The van der Waals surface area contributed by atoms with Gasteiger partial charge in [0.15, 0.2) is 0 Å². The molecule has 2 aromatic heterocycles. The Balaban J connectivity index is 1.26. The average molecular weight is 531 g/mol. The van der Waals surface area contributed by atoms with Crippen LogP contribution in [0.3, 0.4) is 0 Å². The van der Waals surface area contributed by atoms with Crippen molar-refractivity contribution < 1.29 is 13.5 Å². The molecule has 1 unspecified atom stereocenters. The minimum Gasteiger partial charge on any atom is -0.437 e. The Hall–Kier alpha value is -3.85. The monoisotopic (exact) mass is 530 g/mol. The van der Waals surface area contributed by atoms with Crippen LogP contribution in [0.15, 0.2) is 60.9 Å². The molecule has 0 radical (unpaired) electrons. The van der Waals surface area contributed by atoms with Crippen LogP contribution >= 0.6 is 0 Å². The van der Waals surface area contributed by atoms with Crippen LogP contribution in [0.2, 0.25) is 0 Å². The molecular formula is C30H32F2N6O. The van der Waals surface area contributed by atoms with E-state index in [1.165, 1.54) is 0 Å². The molecule has 0 bridgehead atoms. The molecule has 0 amide bonds. The van der Waals surface area contributed by atoms with Crippen molar-refractivity contribution in [3.63, 3.8) is 0 Å². The Kier molecular flexibility index (Phi) is 6.99. The summed E-state index contributed by atoms with van der Waals surface area (Å²) in [6.07, 6.45) is 6.09. The highest BCUT2D eigenvalue weighted by Gasteiger charge is 2.55. The predicted octanol–water partition coefficient (Wildman–Crippen LogP) is 6.41. The molecule has 1 aliphatic carbocycles. The zero-order valence-electron chi connectivity index (χ0n) is 21.9. The molecule has 1 saturated heterocycles. The van der Waals surface area contributed by atoms with E-state index in [-0.39, 0.29) is 6.42 Å². The number of nitrogens with zero attached hydrogens (tertiary/aromatic N) is 3. The van der Waals surface area contributed by atoms with Gasteiger partial charge in [-0.2, -0.15) is 0 Å². The number of ether oxygens (including phenoxy) is 1. The van der Waals surface area contributed by atoms with Crippen LogP contribution in [0.4, 0.5) is 20.4 Å². The molecule has 1 aliphatic heterocycles. The fraction of sp³-hybridized carbons (Fsp3) is 0.367. The summed E-state index contributed by atoms with van der Waals surface area (Å²) in [5.41, 5.74) is 3.34. The molecule has 3 heterocycles. The molecule has 9 heteroatoms. The summed E-state index contributed by atoms with van der Waals surface area (Å²) in [4.78, 5) is 13.7. The van der Waals surface area contributed by atoms with Crippen LogP contribution in [-0.4, -0.2) is 46.6 Å². The molecule has 7 nitrogen and oxygen atoms in total. The summed E-state index contributed by atoms with van der Waals surface area (Å²) in [7, 11) is 0. The molecule has 39 heavy (non-hydrogen) atoms. The van der Waals surface area contributed by atoms with E-state index in [1.807, 2.05) is 55.5 Å². The highest BCUT2D eigenvalue weighted by molar-refractivity contribution is 5.98. The first kappa shape index (κ1) is 25.4. The maximum atomic E-state index is 13.3. The van der Waals surface area contributed by atoms with E-state index >= 15 is 0 Å². The summed E-state index contributed by atoms with van der Waals surface area (Å²) in [6, 6.07) is 15.9. The molecule has 4 aromatic rings. The van der Waals surface area contributed by atoms with Crippen molar-refractivity contribution in [1.82, 2.24) is 20.3 Å². The molecule has 1 saturated carbocycles. The summed E-state index contributed by atoms with van der Waals surface area (Å²) in [5, 5.41) is 12.1. The second kappa shape index (κ2) is 10.7. The molecule has 3 N–H and O–H groups in total. The number of halogens is 2. The largest absolute Gasteiger partial charge is 0.437 e. The number of hydrogen-bond acceptors (Lipinski definition) is 7. The first-order chi connectivity index (χ1) is 19.0. The van der Waals surface area contributed by atoms with Gasteiger partial charge in [-0.15, -0.1) is 0 Å². The van der Waals surface area contributed by atoms with E-state index in [9.17, 15) is 8.78 Å². The highest BCUT2D eigenvalue weighted by atomic mass is 19.3. The van der Waals surface area contributed by atoms with E-state index in [2.05, 4.69) is 25.9 Å². The fourth-order valence-corrected chi connectivity index (χ4v) is 5.19. The van der Waals surface area contributed by atoms with E-state index < -0.39 is 11.8 Å². The number of alkyl halides is 2. The molecule has 2 aromatic carbocycles. The molecular weight excluding hydrogens is 498 g/mol. The quantitative estimate of drug-likeness (QED) is 0.231. The number of hydrogen-bond donors (Lipinski definition) is 3. The van der Waals surface area contributed by atoms with Crippen molar-refractivity contribution in [1.29, 1.82) is 0 Å². The van der Waals surface area contributed by atoms with E-state index in [0.717, 1.165) is 59.2 Å². The molecule has 2 fully saturated rings. The molecule has 202 valence electrons. The van der Waals surface area contributed by atoms with Gasteiger partial charge in [0.25, 0.3) is 5.92 Å². The Bertz CT molecular complexity index is 1470. The van der Waals surface area contributed by atoms with Crippen molar-refractivity contribution in [2.75, 3.05) is 30.3 Å². The van der Waals surface area contributed by atoms with Gasteiger partial charge in [0.2, 0.25) is 11.8 Å². The van der Waals surface area contributed by atoms with Gasteiger partial charge in [0.05, 0.1) is 11.3 Å². The van der Waals surface area contributed by atoms with Gasteiger partial charge in [-0.3, -0.25) is 0 Å². The Labute approximate surface area is 226 Å². The summed E-state index contributed by atoms with van der Waals surface area (Å²) in [6.45, 7) is 4.42. The van der Waals surface area contributed by atoms with Crippen LogP contribution in [0.1, 0.15) is 31.2 Å². The van der Waals surface area contributed by atoms with E-state index in [4.69, 9.17) is 9.72 Å². The normalized spacial score (nSPS) is 20.0. The van der Waals surface area contributed by atoms with Crippen LogP contribution in [0.25, 0.3) is 22.0 Å². The lowest BCUT2D eigenvalue weighted by atomic mass is 10.0. The Morgan fingerprint density at radius 2 is 1.95 bits per heavy atom. The van der Waals surface area contributed by atoms with Crippen LogP contribution in [0.5, 0.6) is 11.6 Å². The summed E-state index contributed by atoms with van der Waals surface area (Å²) in [5.74, 6) is -1.28.